The van der Waals surface area contributed by atoms with E-state index < -0.39 is 0 Å². The van der Waals surface area contributed by atoms with E-state index in [1.54, 1.807) is 12.4 Å². The molecule has 2 aromatic rings. The van der Waals surface area contributed by atoms with Crippen LogP contribution in [0.15, 0.2) is 36.7 Å². The molecule has 7 nitrogen and oxygen atoms in total. The number of ether oxygens (including phenoxy) is 1. The lowest BCUT2D eigenvalue weighted by atomic mass is 9.91. The van der Waals surface area contributed by atoms with E-state index in [4.69, 9.17) is 4.74 Å². The lowest BCUT2D eigenvalue weighted by molar-refractivity contribution is -0.120. The van der Waals surface area contributed by atoms with E-state index in [0.29, 0.717) is 12.3 Å². The van der Waals surface area contributed by atoms with Crippen molar-refractivity contribution >= 4 is 17.4 Å². The van der Waals surface area contributed by atoms with Crippen LogP contribution in [0.5, 0.6) is 0 Å². The van der Waals surface area contributed by atoms with Gasteiger partial charge >= 0.3 is 0 Å². The first kappa shape index (κ1) is 21.3. The molecule has 1 aromatic carbocycles. The Hall–Kier alpha value is -2.51. The van der Waals surface area contributed by atoms with Crippen LogP contribution in [0.1, 0.15) is 36.4 Å². The summed E-state index contributed by atoms with van der Waals surface area (Å²) in [5.74, 6) is 1.70. The van der Waals surface area contributed by atoms with Crippen LogP contribution >= 0.6 is 0 Å². The third kappa shape index (κ3) is 4.50. The lowest BCUT2D eigenvalue weighted by Crippen LogP contribution is -2.45. The van der Waals surface area contributed by atoms with Crippen LogP contribution in [0, 0.1) is 5.92 Å². The molecule has 3 aliphatic rings. The Morgan fingerprint density at radius 3 is 2.41 bits per heavy atom. The van der Waals surface area contributed by atoms with Gasteiger partial charge in [-0.2, -0.15) is 0 Å². The van der Waals surface area contributed by atoms with E-state index in [1.807, 2.05) is 4.90 Å². The Morgan fingerprint density at radius 1 is 0.938 bits per heavy atom. The summed E-state index contributed by atoms with van der Waals surface area (Å²) in [7, 11) is 2.15. The van der Waals surface area contributed by atoms with Crippen molar-refractivity contribution < 1.29 is 9.53 Å². The van der Waals surface area contributed by atoms with Crippen molar-refractivity contribution in [2.24, 2.45) is 5.92 Å². The van der Waals surface area contributed by atoms with E-state index in [9.17, 15) is 4.79 Å². The highest BCUT2D eigenvalue weighted by Crippen LogP contribution is 2.32. The van der Waals surface area contributed by atoms with E-state index >= 15 is 0 Å². The van der Waals surface area contributed by atoms with E-state index in [-0.39, 0.29) is 11.8 Å². The molecule has 3 fully saturated rings. The maximum Gasteiger partial charge on any atom is 0.230 e. The van der Waals surface area contributed by atoms with Gasteiger partial charge in [0, 0.05) is 76.4 Å². The molecule has 32 heavy (non-hydrogen) atoms. The van der Waals surface area contributed by atoms with Gasteiger partial charge in [0.1, 0.15) is 5.82 Å². The number of hydrogen-bond donors (Lipinski definition) is 0. The third-order valence-corrected chi connectivity index (χ3v) is 7.21. The summed E-state index contributed by atoms with van der Waals surface area (Å²) < 4.78 is 5.49. The van der Waals surface area contributed by atoms with Crippen molar-refractivity contribution in [3.8, 4) is 0 Å². The van der Waals surface area contributed by atoms with Crippen molar-refractivity contribution in [1.29, 1.82) is 0 Å². The number of rotatable bonds is 5. The van der Waals surface area contributed by atoms with E-state index in [2.05, 4.69) is 51.1 Å². The van der Waals surface area contributed by atoms with Crippen molar-refractivity contribution in [3.63, 3.8) is 0 Å². The minimum atomic E-state index is -0.0342. The summed E-state index contributed by atoms with van der Waals surface area (Å²) in [5, 5.41) is 0. The smallest absolute Gasteiger partial charge is 0.230 e. The number of piperazine rings is 1. The molecule has 0 bridgehead atoms. The molecule has 0 spiro atoms. The summed E-state index contributed by atoms with van der Waals surface area (Å²) in [4.78, 5) is 29.1. The number of benzene rings is 1. The van der Waals surface area contributed by atoms with Crippen molar-refractivity contribution in [1.82, 2.24) is 14.9 Å². The second kappa shape index (κ2) is 9.55. The Labute approximate surface area is 190 Å². The van der Waals surface area contributed by atoms with Crippen LogP contribution in [-0.2, 0) is 16.0 Å². The second-order valence-corrected chi connectivity index (χ2v) is 9.27. The zero-order valence-corrected chi connectivity index (χ0v) is 18.9. The molecule has 5 rings (SSSR count). The number of likely N-dealkylation sites (N-methyl/N-ethyl adjacent to an activating group) is 1. The molecule has 0 saturated carbocycles. The molecule has 7 heteroatoms. The molecule has 3 saturated heterocycles. The molecule has 0 N–H and O–H groups in total. The number of hydrogen-bond acceptors (Lipinski definition) is 6. The van der Waals surface area contributed by atoms with Gasteiger partial charge in [0.15, 0.2) is 0 Å². The quantitative estimate of drug-likeness (QED) is 0.720. The molecule has 1 amide bonds. The molecule has 0 aliphatic carbocycles. The second-order valence-electron chi connectivity index (χ2n) is 9.27. The molecule has 170 valence electrons. The van der Waals surface area contributed by atoms with Crippen LogP contribution < -0.4 is 9.80 Å². The van der Waals surface area contributed by atoms with Gasteiger partial charge in [0.05, 0.1) is 5.69 Å². The number of carbonyl (C=O) groups is 1. The van der Waals surface area contributed by atoms with Gasteiger partial charge in [0.2, 0.25) is 5.91 Å². The first-order chi connectivity index (χ1) is 15.7. The highest BCUT2D eigenvalue weighted by atomic mass is 16.5. The fraction of sp³-hybridized carbons (Fsp3) is 0.560. The van der Waals surface area contributed by atoms with Gasteiger partial charge in [-0.05, 0) is 49.9 Å². The normalized spacial score (nSPS) is 23.2. The Balaban J connectivity index is 1.25. The van der Waals surface area contributed by atoms with Crippen molar-refractivity contribution in [3.05, 3.63) is 47.9 Å². The predicted octanol–water partition coefficient (Wildman–Crippen LogP) is 2.72. The van der Waals surface area contributed by atoms with Gasteiger partial charge in [-0.1, -0.05) is 12.1 Å². The van der Waals surface area contributed by atoms with Crippen molar-refractivity contribution in [2.75, 3.05) is 62.8 Å². The van der Waals surface area contributed by atoms with Crippen LogP contribution in [0.3, 0.4) is 0 Å². The van der Waals surface area contributed by atoms with Crippen LogP contribution in [0.2, 0.25) is 0 Å². The molecule has 1 aromatic heterocycles. The first-order valence-electron chi connectivity index (χ1n) is 11.9. The van der Waals surface area contributed by atoms with Crippen LogP contribution in [-0.4, -0.2) is 73.8 Å². The van der Waals surface area contributed by atoms with Gasteiger partial charge < -0.3 is 19.4 Å². The molecule has 4 heterocycles. The molecule has 0 radical (unpaired) electrons. The topological polar surface area (TPSA) is 61.8 Å². The molecule has 1 atom stereocenters. The highest BCUT2D eigenvalue weighted by molar-refractivity contribution is 5.97. The highest BCUT2D eigenvalue weighted by Gasteiger charge is 2.34. The zero-order chi connectivity index (χ0) is 21.9. The number of carbonyl (C=O) groups excluding carboxylic acids is 1. The largest absolute Gasteiger partial charge is 0.381 e. The Kier molecular flexibility index (Phi) is 6.37. The standard InChI is InChI=1S/C25H33N5O2/c1-28-12-14-29(15-13-28)24-23(26-9-10-27-24)18-21-6-11-30(25(21)31)22-4-2-19(3-5-22)20-7-16-32-17-8-20/h2-5,9-10,20-21H,6-8,11-18H2,1H3. The first-order valence-corrected chi connectivity index (χ1v) is 11.9. The maximum atomic E-state index is 13.3. The molecule has 1 unspecified atom stereocenters. The molecule has 3 aliphatic heterocycles. The predicted molar refractivity (Wildman–Crippen MR) is 125 cm³/mol. The fourth-order valence-corrected chi connectivity index (χ4v) is 5.16. The number of amides is 1. The van der Waals surface area contributed by atoms with Gasteiger partial charge in [-0.15, -0.1) is 0 Å². The number of anilines is 2. The summed E-state index contributed by atoms with van der Waals surface area (Å²) in [6.07, 6.45) is 7.20. The van der Waals surface area contributed by atoms with Gasteiger partial charge in [-0.25, -0.2) is 4.98 Å². The van der Waals surface area contributed by atoms with E-state index in [1.165, 1.54) is 5.56 Å². The number of aromatic nitrogens is 2. The Morgan fingerprint density at radius 2 is 1.66 bits per heavy atom. The van der Waals surface area contributed by atoms with E-state index in [0.717, 1.165) is 82.4 Å². The third-order valence-electron chi connectivity index (χ3n) is 7.21. The van der Waals surface area contributed by atoms with Gasteiger partial charge in [-0.3, -0.25) is 9.78 Å². The average molecular weight is 436 g/mol. The Bertz CT molecular complexity index is 920. The van der Waals surface area contributed by atoms with Crippen LogP contribution in [0.4, 0.5) is 11.5 Å². The minimum absolute atomic E-state index is 0.0342. The number of nitrogens with zero attached hydrogens (tertiary/aromatic N) is 5. The minimum Gasteiger partial charge on any atom is -0.381 e. The fourth-order valence-electron chi connectivity index (χ4n) is 5.16. The average Bonchev–Trinajstić information content (AvgIpc) is 3.20. The van der Waals surface area contributed by atoms with Crippen molar-refractivity contribution in [2.45, 2.75) is 31.6 Å². The SMILES string of the molecule is CN1CCN(c2nccnc2CC2CCN(c3ccc(C4CCOCC4)cc3)C2=O)CC1. The maximum absolute atomic E-state index is 13.3. The summed E-state index contributed by atoms with van der Waals surface area (Å²) >= 11 is 0. The monoisotopic (exact) mass is 435 g/mol. The van der Waals surface area contributed by atoms with Gasteiger partial charge in [0.25, 0.3) is 0 Å². The molecular weight excluding hydrogens is 402 g/mol. The summed E-state index contributed by atoms with van der Waals surface area (Å²) in [5.41, 5.74) is 3.32. The summed E-state index contributed by atoms with van der Waals surface area (Å²) in [6.45, 7) is 6.41. The zero-order valence-electron chi connectivity index (χ0n) is 18.9. The van der Waals surface area contributed by atoms with Crippen LogP contribution in [0.25, 0.3) is 0 Å². The lowest BCUT2D eigenvalue weighted by Gasteiger charge is -2.34. The molecular formula is C25H33N5O2. The summed E-state index contributed by atoms with van der Waals surface area (Å²) in [6, 6.07) is 8.62.